The summed E-state index contributed by atoms with van der Waals surface area (Å²) in [4.78, 5) is 5.44. The maximum atomic E-state index is 5.38. The molecule has 0 spiro atoms. The fourth-order valence-corrected chi connectivity index (χ4v) is 3.21. The van der Waals surface area contributed by atoms with Crippen molar-refractivity contribution in [3.63, 3.8) is 0 Å². The fourth-order valence-electron chi connectivity index (χ4n) is 2.48. The molecular weight excluding hydrogens is 262 g/mol. The van der Waals surface area contributed by atoms with Gasteiger partial charge in [0.25, 0.3) is 0 Å². The number of fused-ring (bicyclic) bond motifs is 1. The lowest BCUT2D eigenvalue weighted by Crippen LogP contribution is -2.27. The van der Waals surface area contributed by atoms with Gasteiger partial charge in [0.1, 0.15) is 5.69 Å². The summed E-state index contributed by atoms with van der Waals surface area (Å²) >= 11 is 1.63. The second kappa shape index (κ2) is 5.90. The molecule has 2 aromatic heterocycles. The van der Waals surface area contributed by atoms with Gasteiger partial charge in [-0.15, -0.1) is 11.3 Å². The van der Waals surface area contributed by atoms with Crippen molar-refractivity contribution in [3.8, 4) is 5.88 Å². The molecule has 104 valence electrons. The molecule has 5 nitrogen and oxygen atoms in total. The van der Waals surface area contributed by atoms with Crippen molar-refractivity contribution in [1.82, 2.24) is 14.7 Å². The van der Waals surface area contributed by atoms with Crippen molar-refractivity contribution >= 4 is 16.3 Å². The lowest BCUT2D eigenvalue weighted by molar-refractivity contribution is 0.0662. The quantitative estimate of drug-likeness (QED) is 0.909. The molecule has 1 aliphatic rings. The summed E-state index contributed by atoms with van der Waals surface area (Å²) in [6.45, 7) is 3.62. The Bertz CT molecular complexity index is 531. The Labute approximate surface area is 116 Å². The summed E-state index contributed by atoms with van der Waals surface area (Å²) in [7, 11) is 1.68. The third kappa shape index (κ3) is 2.75. The number of rotatable bonds is 5. The predicted octanol–water partition coefficient (Wildman–Crippen LogP) is 1.92. The fraction of sp³-hybridized carbons (Fsp3) is 0.615. The zero-order valence-corrected chi connectivity index (χ0v) is 11.9. The van der Waals surface area contributed by atoms with Crippen LogP contribution in [0.3, 0.4) is 0 Å². The Morgan fingerprint density at radius 2 is 2.37 bits per heavy atom. The van der Waals surface area contributed by atoms with Gasteiger partial charge >= 0.3 is 0 Å². The van der Waals surface area contributed by atoms with Gasteiger partial charge in [-0.05, 0) is 25.3 Å². The van der Waals surface area contributed by atoms with Crippen molar-refractivity contribution in [2.24, 2.45) is 5.92 Å². The standard InChI is InChI=1S/C13H19N3O2S/c1-17-12-11(16-4-7-19-13(16)15-12)9-14-8-10-2-5-18-6-3-10/h4,7,10,14H,2-3,5-6,8-9H2,1H3. The average Bonchev–Trinajstić information content (AvgIpc) is 3.02. The van der Waals surface area contributed by atoms with Gasteiger partial charge in [-0.2, -0.15) is 4.98 Å². The van der Waals surface area contributed by atoms with E-state index in [4.69, 9.17) is 9.47 Å². The highest BCUT2D eigenvalue weighted by Gasteiger charge is 2.16. The maximum absolute atomic E-state index is 5.38. The van der Waals surface area contributed by atoms with Crippen LogP contribution in [0.1, 0.15) is 18.5 Å². The number of hydrogen-bond donors (Lipinski definition) is 1. The van der Waals surface area contributed by atoms with Crippen LogP contribution in [0.5, 0.6) is 5.88 Å². The monoisotopic (exact) mass is 281 g/mol. The third-order valence-corrected chi connectivity index (χ3v) is 4.34. The van der Waals surface area contributed by atoms with E-state index in [1.807, 2.05) is 11.6 Å². The van der Waals surface area contributed by atoms with Crippen molar-refractivity contribution in [2.45, 2.75) is 19.4 Å². The summed E-state index contributed by atoms with van der Waals surface area (Å²) in [5.41, 5.74) is 1.10. The molecule has 1 saturated heterocycles. The lowest BCUT2D eigenvalue weighted by atomic mass is 10.0. The van der Waals surface area contributed by atoms with Gasteiger partial charge in [0.2, 0.25) is 5.88 Å². The molecule has 3 heterocycles. The zero-order chi connectivity index (χ0) is 13.1. The number of imidazole rings is 1. The van der Waals surface area contributed by atoms with Crippen molar-refractivity contribution in [3.05, 3.63) is 17.3 Å². The molecule has 0 saturated carbocycles. The van der Waals surface area contributed by atoms with Crippen molar-refractivity contribution < 1.29 is 9.47 Å². The average molecular weight is 281 g/mol. The highest BCUT2D eigenvalue weighted by Crippen LogP contribution is 2.23. The number of methoxy groups -OCH3 is 1. The van der Waals surface area contributed by atoms with E-state index >= 15 is 0 Å². The summed E-state index contributed by atoms with van der Waals surface area (Å²) in [5.74, 6) is 1.46. The first kappa shape index (κ1) is 12.9. The van der Waals surface area contributed by atoms with E-state index < -0.39 is 0 Å². The second-order valence-electron chi connectivity index (χ2n) is 4.81. The van der Waals surface area contributed by atoms with E-state index in [0.29, 0.717) is 0 Å². The molecule has 1 aliphatic heterocycles. The zero-order valence-electron chi connectivity index (χ0n) is 11.1. The number of ether oxygens (including phenoxy) is 2. The molecule has 0 radical (unpaired) electrons. The lowest BCUT2D eigenvalue weighted by Gasteiger charge is -2.22. The molecule has 0 unspecified atom stereocenters. The van der Waals surface area contributed by atoms with E-state index in [-0.39, 0.29) is 0 Å². The highest BCUT2D eigenvalue weighted by atomic mass is 32.1. The minimum absolute atomic E-state index is 0.727. The van der Waals surface area contributed by atoms with E-state index in [1.165, 1.54) is 0 Å². The normalized spacial score (nSPS) is 17.1. The second-order valence-corrected chi connectivity index (χ2v) is 5.68. The molecule has 0 bridgehead atoms. The van der Waals surface area contributed by atoms with Gasteiger partial charge in [-0.3, -0.25) is 4.40 Å². The molecule has 1 fully saturated rings. The van der Waals surface area contributed by atoms with Crippen LogP contribution in [-0.2, 0) is 11.3 Å². The smallest absolute Gasteiger partial charge is 0.237 e. The van der Waals surface area contributed by atoms with Gasteiger partial charge in [0.15, 0.2) is 4.96 Å². The Morgan fingerprint density at radius 1 is 1.53 bits per heavy atom. The van der Waals surface area contributed by atoms with Gasteiger partial charge < -0.3 is 14.8 Å². The topological polar surface area (TPSA) is 47.8 Å². The first-order valence-corrected chi connectivity index (χ1v) is 7.53. The van der Waals surface area contributed by atoms with Crippen LogP contribution in [0, 0.1) is 5.92 Å². The van der Waals surface area contributed by atoms with E-state index in [1.54, 1.807) is 18.4 Å². The van der Waals surface area contributed by atoms with Gasteiger partial charge in [0.05, 0.1) is 7.11 Å². The minimum Gasteiger partial charge on any atom is -0.480 e. The molecule has 0 aromatic carbocycles. The molecule has 0 aliphatic carbocycles. The number of thiazole rings is 1. The molecule has 19 heavy (non-hydrogen) atoms. The predicted molar refractivity (Wildman–Crippen MR) is 74.9 cm³/mol. The van der Waals surface area contributed by atoms with Crippen LogP contribution >= 0.6 is 11.3 Å². The van der Waals surface area contributed by atoms with Crippen LogP contribution < -0.4 is 10.1 Å². The molecule has 1 N–H and O–H groups in total. The Hall–Kier alpha value is -1.11. The van der Waals surface area contributed by atoms with E-state index in [0.717, 1.165) is 61.6 Å². The number of aromatic nitrogens is 2. The van der Waals surface area contributed by atoms with Gasteiger partial charge in [0, 0.05) is 31.3 Å². The molecule has 6 heteroatoms. The number of nitrogens with one attached hydrogen (secondary N) is 1. The van der Waals surface area contributed by atoms with Crippen LogP contribution in [0.15, 0.2) is 11.6 Å². The summed E-state index contributed by atoms with van der Waals surface area (Å²) < 4.78 is 12.8. The molecule has 3 rings (SSSR count). The van der Waals surface area contributed by atoms with E-state index in [2.05, 4.69) is 14.7 Å². The van der Waals surface area contributed by atoms with Gasteiger partial charge in [-0.1, -0.05) is 0 Å². The number of hydrogen-bond acceptors (Lipinski definition) is 5. The summed E-state index contributed by atoms with van der Waals surface area (Å²) in [5, 5.41) is 5.57. The van der Waals surface area contributed by atoms with Crippen LogP contribution in [0.2, 0.25) is 0 Å². The summed E-state index contributed by atoms with van der Waals surface area (Å²) in [6.07, 6.45) is 4.36. The Kier molecular flexibility index (Phi) is 4.00. The molecular formula is C13H19N3O2S. The Balaban J connectivity index is 1.62. The third-order valence-electron chi connectivity index (χ3n) is 3.58. The van der Waals surface area contributed by atoms with Crippen molar-refractivity contribution in [2.75, 3.05) is 26.9 Å². The largest absolute Gasteiger partial charge is 0.480 e. The van der Waals surface area contributed by atoms with Crippen molar-refractivity contribution in [1.29, 1.82) is 0 Å². The van der Waals surface area contributed by atoms with E-state index in [9.17, 15) is 0 Å². The van der Waals surface area contributed by atoms with Crippen LogP contribution in [0.25, 0.3) is 4.96 Å². The Morgan fingerprint density at radius 3 is 3.16 bits per heavy atom. The van der Waals surface area contributed by atoms with Gasteiger partial charge in [-0.25, -0.2) is 0 Å². The first-order chi connectivity index (χ1) is 9.38. The number of nitrogens with zero attached hydrogens (tertiary/aromatic N) is 2. The van der Waals surface area contributed by atoms with Crippen LogP contribution in [0.4, 0.5) is 0 Å². The summed E-state index contributed by atoms with van der Waals surface area (Å²) in [6, 6.07) is 0. The SMILES string of the molecule is COc1nc2sccn2c1CNCC1CCOCC1. The molecule has 2 aromatic rings. The first-order valence-electron chi connectivity index (χ1n) is 6.65. The molecule has 0 atom stereocenters. The maximum Gasteiger partial charge on any atom is 0.237 e. The highest BCUT2D eigenvalue weighted by molar-refractivity contribution is 7.15. The molecule has 0 amide bonds. The minimum atomic E-state index is 0.727. The van der Waals surface area contributed by atoms with Crippen LogP contribution in [-0.4, -0.2) is 36.3 Å².